The van der Waals surface area contributed by atoms with Gasteiger partial charge in [0.05, 0.1) is 6.10 Å². The highest BCUT2D eigenvalue weighted by atomic mass is 16.6. The fourth-order valence-corrected chi connectivity index (χ4v) is 2.47. The average Bonchev–Trinajstić information content (AvgIpc) is 2.68. The van der Waals surface area contributed by atoms with E-state index in [-0.39, 0.29) is 18.3 Å². The molecule has 1 unspecified atom stereocenters. The third-order valence-corrected chi connectivity index (χ3v) is 3.94. The second-order valence-corrected chi connectivity index (χ2v) is 5.67. The minimum Gasteiger partial charge on any atom is -0.459 e. The Kier molecular flexibility index (Phi) is 14.3. The molecule has 0 amide bonds. The fourth-order valence-electron chi connectivity index (χ4n) is 2.47. The lowest BCUT2D eigenvalue weighted by molar-refractivity contribution is -0.142. The summed E-state index contributed by atoms with van der Waals surface area (Å²) in [5, 5.41) is 12.7. The summed E-state index contributed by atoms with van der Waals surface area (Å²) in [6.45, 7) is 7.63. The molecule has 0 saturated carbocycles. The van der Waals surface area contributed by atoms with Crippen molar-refractivity contribution in [1.29, 1.82) is 5.26 Å². The highest BCUT2D eigenvalue weighted by molar-refractivity contribution is 5.94. The van der Waals surface area contributed by atoms with Crippen LogP contribution in [0.2, 0.25) is 0 Å². The first kappa shape index (κ1) is 24.2. The summed E-state index contributed by atoms with van der Waals surface area (Å²) in [5.74, 6) is -0.570. The molecular weight excluding hydrogens is 332 g/mol. The normalized spacial score (nSPS) is 16.4. The lowest BCUT2D eigenvalue weighted by Gasteiger charge is -2.18. The van der Waals surface area contributed by atoms with Crippen LogP contribution in [0.5, 0.6) is 0 Å². The number of nitrogens with one attached hydrogen (secondary N) is 1. The van der Waals surface area contributed by atoms with Gasteiger partial charge < -0.3 is 19.5 Å². The van der Waals surface area contributed by atoms with Crippen LogP contribution in [-0.4, -0.2) is 46.1 Å². The second kappa shape index (κ2) is 15.4. The van der Waals surface area contributed by atoms with Crippen LogP contribution < -0.4 is 5.32 Å². The Labute approximate surface area is 158 Å². The molecule has 0 heterocycles. The van der Waals surface area contributed by atoms with Crippen LogP contribution in [0.1, 0.15) is 52.9 Å². The van der Waals surface area contributed by atoms with Gasteiger partial charge >= 0.3 is 5.97 Å². The maximum absolute atomic E-state index is 12.2. The van der Waals surface area contributed by atoms with Gasteiger partial charge in [-0.15, -0.1) is 0 Å². The Hall–Kier alpha value is -1.84. The molecule has 0 aromatic carbocycles. The molecule has 6 heteroatoms. The van der Waals surface area contributed by atoms with Gasteiger partial charge in [0.15, 0.2) is 0 Å². The Morgan fingerprint density at radius 3 is 2.65 bits per heavy atom. The summed E-state index contributed by atoms with van der Waals surface area (Å²) in [6, 6.07) is 2.00. The standard InChI is InChI=1S/C18H28N2O4.C2H6/c1-4-16(23-3)13-24-18(21)17(12-19)14-7-5-8-15(11-14)20-9-6-10-22-2;1-2/h11,16,20H,4-10,13H2,1-3H3;1-2H3/b17-14-;. The number of nitrogens with zero attached hydrogens (tertiary/aromatic N) is 1. The molecule has 1 aliphatic rings. The van der Waals surface area contributed by atoms with Crippen LogP contribution >= 0.6 is 0 Å². The predicted octanol–water partition coefficient (Wildman–Crippen LogP) is 3.49. The molecule has 0 radical (unpaired) electrons. The van der Waals surface area contributed by atoms with Crippen LogP contribution in [0.3, 0.4) is 0 Å². The van der Waals surface area contributed by atoms with E-state index in [1.165, 1.54) is 0 Å². The maximum Gasteiger partial charge on any atom is 0.349 e. The SMILES string of the molecule is CC.CCC(COC(=O)/C(C#N)=C1\C=C(NCCCOC)CCC1)OC. The van der Waals surface area contributed by atoms with E-state index in [1.807, 2.05) is 32.9 Å². The Bertz CT molecular complexity index is 502. The van der Waals surface area contributed by atoms with E-state index in [0.29, 0.717) is 13.0 Å². The number of hydrogen-bond donors (Lipinski definition) is 1. The molecule has 148 valence electrons. The molecule has 1 aliphatic carbocycles. The molecular formula is C20H34N2O4. The zero-order valence-corrected chi connectivity index (χ0v) is 16.9. The van der Waals surface area contributed by atoms with Crippen molar-refractivity contribution in [3.8, 4) is 6.07 Å². The Morgan fingerprint density at radius 1 is 1.35 bits per heavy atom. The van der Waals surface area contributed by atoms with Crippen molar-refractivity contribution in [2.45, 2.75) is 59.0 Å². The third-order valence-electron chi connectivity index (χ3n) is 3.94. The summed E-state index contributed by atoms with van der Waals surface area (Å²) in [6.07, 6.45) is 5.97. The molecule has 1 rings (SSSR count). The van der Waals surface area contributed by atoms with Crippen LogP contribution in [0, 0.1) is 11.3 Å². The van der Waals surface area contributed by atoms with Crippen molar-refractivity contribution in [3.63, 3.8) is 0 Å². The van der Waals surface area contributed by atoms with E-state index in [9.17, 15) is 10.1 Å². The van der Waals surface area contributed by atoms with E-state index in [4.69, 9.17) is 14.2 Å². The highest BCUT2D eigenvalue weighted by Crippen LogP contribution is 2.24. The van der Waals surface area contributed by atoms with Gasteiger partial charge in [-0.3, -0.25) is 0 Å². The summed E-state index contributed by atoms with van der Waals surface area (Å²) < 4.78 is 15.4. The zero-order valence-electron chi connectivity index (χ0n) is 16.9. The van der Waals surface area contributed by atoms with E-state index in [2.05, 4.69) is 5.32 Å². The van der Waals surface area contributed by atoms with Crippen molar-refractivity contribution in [2.75, 3.05) is 34.0 Å². The molecule has 1 N–H and O–H groups in total. The lowest BCUT2D eigenvalue weighted by atomic mass is 9.95. The highest BCUT2D eigenvalue weighted by Gasteiger charge is 2.20. The maximum atomic E-state index is 12.2. The topological polar surface area (TPSA) is 80.6 Å². The molecule has 6 nitrogen and oxygen atoms in total. The van der Waals surface area contributed by atoms with Crippen molar-refractivity contribution in [3.05, 3.63) is 22.9 Å². The number of rotatable bonds is 10. The number of hydrogen-bond acceptors (Lipinski definition) is 6. The molecule has 0 fully saturated rings. The lowest BCUT2D eigenvalue weighted by Crippen LogP contribution is -2.22. The van der Waals surface area contributed by atoms with Gasteiger partial charge in [-0.1, -0.05) is 20.8 Å². The molecule has 0 spiro atoms. The monoisotopic (exact) mass is 366 g/mol. The number of ether oxygens (including phenoxy) is 3. The van der Waals surface area contributed by atoms with Crippen LogP contribution in [0.15, 0.2) is 22.9 Å². The summed E-state index contributed by atoms with van der Waals surface area (Å²) in [5.41, 5.74) is 1.89. The van der Waals surface area contributed by atoms with Crippen LogP contribution in [-0.2, 0) is 19.0 Å². The minimum atomic E-state index is -0.570. The summed E-state index contributed by atoms with van der Waals surface area (Å²) in [4.78, 5) is 12.2. The number of esters is 1. The van der Waals surface area contributed by atoms with Crippen molar-refractivity contribution in [1.82, 2.24) is 5.32 Å². The number of carbonyl (C=O) groups excluding carboxylic acids is 1. The first-order valence-electron chi connectivity index (χ1n) is 9.42. The van der Waals surface area contributed by atoms with Crippen molar-refractivity contribution >= 4 is 5.97 Å². The molecule has 0 aromatic heterocycles. The third kappa shape index (κ3) is 9.02. The Morgan fingerprint density at radius 2 is 2.08 bits per heavy atom. The molecule has 0 saturated heterocycles. The number of nitriles is 1. The fraction of sp³-hybridized carbons (Fsp3) is 0.700. The molecule has 0 aliphatic heterocycles. The first-order valence-corrected chi connectivity index (χ1v) is 9.42. The molecule has 0 bridgehead atoms. The van der Waals surface area contributed by atoms with E-state index >= 15 is 0 Å². The van der Waals surface area contributed by atoms with Gasteiger partial charge in [0.25, 0.3) is 0 Å². The first-order chi connectivity index (χ1) is 12.7. The van der Waals surface area contributed by atoms with Gasteiger partial charge in [-0.05, 0) is 43.8 Å². The number of methoxy groups -OCH3 is 2. The van der Waals surface area contributed by atoms with Crippen LogP contribution in [0.4, 0.5) is 0 Å². The average molecular weight is 367 g/mol. The van der Waals surface area contributed by atoms with E-state index < -0.39 is 5.97 Å². The largest absolute Gasteiger partial charge is 0.459 e. The zero-order chi connectivity index (χ0) is 19.8. The number of carbonyl (C=O) groups is 1. The van der Waals surface area contributed by atoms with Crippen molar-refractivity contribution < 1.29 is 19.0 Å². The molecule has 0 aromatic rings. The molecule has 26 heavy (non-hydrogen) atoms. The van der Waals surface area contributed by atoms with E-state index in [0.717, 1.165) is 43.5 Å². The van der Waals surface area contributed by atoms with Crippen molar-refractivity contribution in [2.24, 2.45) is 0 Å². The van der Waals surface area contributed by atoms with Gasteiger partial charge in [-0.2, -0.15) is 5.26 Å². The van der Waals surface area contributed by atoms with Gasteiger partial charge in [0.1, 0.15) is 18.2 Å². The smallest absolute Gasteiger partial charge is 0.349 e. The predicted molar refractivity (Wildman–Crippen MR) is 102 cm³/mol. The summed E-state index contributed by atoms with van der Waals surface area (Å²) in [7, 11) is 3.26. The quantitative estimate of drug-likeness (QED) is 0.276. The van der Waals surface area contributed by atoms with Gasteiger partial charge in [-0.25, -0.2) is 4.79 Å². The van der Waals surface area contributed by atoms with Gasteiger partial charge in [0, 0.05) is 33.1 Å². The Balaban J connectivity index is 0.00000301. The minimum absolute atomic E-state index is 0.0943. The van der Waals surface area contributed by atoms with Crippen LogP contribution in [0.25, 0.3) is 0 Å². The second-order valence-electron chi connectivity index (χ2n) is 5.67. The number of allylic oxidation sites excluding steroid dienone is 3. The molecule has 1 atom stereocenters. The van der Waals surface area contributed by atoms with Gasteiger partial charge in [0.2, 0.25) is 0 Å². The van der Waals surface area contributed by atoms with E-state index in [1.54, 1.807) is 14.2 Å². The summed E-state index contributed by atoms with van der Waals surface area (Å²) >= 11 is 0.